The number of amides is 1. The summed E-state index contributed by atoms with van der Waals surface area (Å²) < 4.78 is 11.4. The van der Waals surface area contributed by atoms with E-state index in [-0.39, 0.29) is 19.1 Å². The average molecular weight is 503 g/mol. The zero-order chi connectivity index (χ0) is 26.2. The van der Waals surface area contributed by atoms with Crippen LogP contribution in [0.5, 0.6) is 0 Å². The van der Waals surface area contributed by atoms with Crippen molar-refractivity contribution in [3.05, 3.63) is 108 Å². The summed E-state index contributed by atoms with van der Waals surface area (Å²) in [6.07, 6.45) is -2.14. The van der Waals surface area contributed by atoms with Crippen molar-refractivity contribution in [2.24, 2.45) is 0 Å². The molecule has 37 heavy (non-hydrogen) atoms. The minimum Gasteiger partial charge on any atom is -0.460 e. The van der Waals surface area contributed by atoms with Crippen molar-refractivity contribution in [1.82, 2.24) is 10.2 Å². The fraction of sp³-hybridized carbons (Fsp3) is 0.276. The number of ether oxygens (including phenoxy) is 2. The van der Waals surface area contributed by atoms with Crippen LogP contribution in [0.1, 0.15) is 33.2 Å². The summed E-state index contributed by atoms with van der Waals surface area (Å²) in [5.41, 5.74) is 1.70. The molecule has 8 nitrogen and oxygen atoms in total. The van der Waals surface area contributed by atoms with Crippen LogP contribution in [0.15, 0.2) is 91.0 Å². The summed E-state index contributed by atoms with van der Waals surface area (Å²) in [6.45, 7) is 1.79. The number of hydrogen-bond donors (Lipinski definition) is 2. The minimum atomic E-state index is -1.17. The van der Waals surface area contributed by atoms with Crippen molar-refractivity contribution in [1.29, 1.82) is 0 Å². The molecule has 0 aliphatic carbocycles. The molecule has 0 unspecified atom stereocenters. The lowest BCUT2D eigenvalue weighted by Crippen LogP contribution is -2.47. The van der Waals surface area contributed by atoms with Crippen molar-refractivity contribution in [2.45, 2.75) is 37.8 Å². The third kappa shape index (κ3) is 6.61. The van der Waals surface area contributed by atoms with E-state index in [2.05, 4.69) is 5.32 Å². The minimum absolute atomic E-state index is 0.127. The number of nitrogens with zero attached hydrogens (tertiary/aromatic N) is 1. The Hall–Kier alpha value is -4.01. The zero-order valence-electron chi connectivity index (χ0n) is 20.5. The standard InChI is InChI=1S/C29H30N2O6/c1-20(32)30-17-24-27(37-29(35)23-15-9-4-10-16-23)26(33)25(31(24)18-21-11-5-2-6-12-21)19-36-28(34)22-13-7-3-8-14-22/h2-16,24-27,33H,17-19H2,1H3,(H,30,32)/t24-,25-,26-,27-/m1/s1. The van der Waals surface area contributed by atoms with Crippen molar-refractivity contribution in [3.63, 3.8) is 0 Å². The Morgan fingerprint density at radius 1 is 0.811 bits per heavy atom. The van der Waals surface area contributed by atoms with E-state index in [0.29, 0.717) is 17.7 Å². The average Bonchev–Trinajstić information content (AvgIpc) is 3.16. The summed E-state index contributed by atoms with van der Waals surface area (Å²) in [7, 11) is 0. The number of carbonyl (C=O) groups is 3. The van der Waals surface area contributed by atoms with Crippen LogP contribution >= 0.6 is 0 Å². The molecule has 1 amide bonds. The Morgan fingerprint density at radius 2 is 1.35 bits per heavy atom. The molecule has 0 aromatic heterocycles. The van der Waals surface area contributed by atoms with Crippen LogP contribution < -0.4 is 5.32 Å². The number of hydrogen-bond acceptors (Lipinski definition) is 7. The van der Waals surface area contributed by atoms with E-state index in [0.717, 1.165) is 5.56 Å². The quantitative estimate of drug-likeness (QED) is 0.434. The predicted molar refractivity (Wildman–Crippen MR) is 137 cm³/mol. The fourth-order valence-corrected chi connectivity index (χ4v) is 4.51. The highest BCUT2D eigenvalue weighted by Crippen LogP contribution is 2.31. The van der Waals surface area contributed by atoms with E-state index < -0.39 is 36.2 Å². The predicted octanol–water partition coefficient (Wildman–Crippen LogP) is 2.82. The molecule has 2 N–H and O–H groups in total. The maximum Gasteiger partial charge on any atom is 0.338 e. The Morgan fingerprint density at radius 3 is 1.92 bits per heavy atom. The van der Waals surface area contributed by atoms with Crippen LogP contribution in [0.25, 0.3) is 0 Å². The molecule has 8 heteroatoms. The first-order valence-electron chi connectivity index (χ1n) is 12.1. The zero-order valence-corrected chi connectivity index (χ0v) is 20.5. The summed E-state index contributed by atoms with van der Waals surface area (Å²) >= 11 is 0. The first-order chi connectivity index (χ1) is 17.9. The van der Waals surface area contributed by atoms with Gasteiger partial charge in [0.1, 0.15) is 18.8 Å². The van der Waals surface area contributed by atoms with Crippen LogP contribution in [0.3, 0.4) is 0 Å². The molecule has 1 aliphatic heterocycles. The third-order valence-corrected chi connectivity index (χ3v) is 6.38. The topological polar surface area (TPSA) is 105 Å². The van der Waals surface area contributed by atoms with E-state index in [1.807, 2.05) is 35.2 Å². The summed E-state index contributed by atoms with van der Waals surface area (Å²) in [5.74, 6) is -1.35. The lowest BCUT2D eigenvalue weighted by molar-refractivity contribution is -0.119. The number of benzene rings is 3. The van der Waals surface area contributed by atoms with Gasteiger partial charge in [-0.05, 0) is 29.8 Å². The van der Waals surface area contributed by atoms with Crippen molar-refractivity contribution >= 4 is 17.8 Å². The highest BCUT2D eigenvalue weighted by molar-refractivity contribution is 5.90. The Labute approximate surface area is 215 Å². The van der Waals surface area contributed by atoms with Gasteiger partial charge < -0.3 is 19.9 Å². The van der Waals surface area contributed by atoms with E-state index in [9.17, 15) is 19.5 Å². The maximum absolute atomic E-state index is 12.9. The van der Waals surface area contributed by atoms with Crippen LogP contribution in [0.4, 0.5) is 0 Å². The molecule has 3 aromatic carbocycles. The lowest BCUT2D eigenvalue weighted by atomic mass is 10.1. The summed E-state index contributed by atoms with van der Waals surface area (Å²) in [6, 6.07) is 25.5. The lowest BCUT2D eigenvalue weighted by Gasteiger charge is -2.30. The molecule has 1 heterocycles. The number of rotatable bonds is 9. The van der Waals surface area contributed by atoms with Crippen molar-refractivity contribution in [3.8, 4) is 0 Å². The Kier molecular flexibility index (Phi) is 8.66. The van der Waals surface area contributed by atoms with Crippen LogP contribution in [0.2, 0.25) is 0 Å². The number of aliphatic hydroxyl groups excluding tert-OH is 1. The highest BCUT2D eigenvalue weighted by atomic mass is 16.6. The van der Waals surface area contributed by atoms with Gasteiger partial charge in [-0.2, -0.15) is 0 Å². The van der Waals surface area contributed by atoms with Crippen LogP contribution in [-0.4, -0.2) is 65.3 Å². The molecule has 192 valence electrons. The largest absolute Gasteiger partial charge is 0.460 e. The van der Waals surface area contributed by atoms with E-state index in [4.69, 9.17) is 9.47 Å². The monoisotopic (exact) mass is 502 g/mol. The Balaban J connectivity index is 1.61. The van der Waals surface area contributed by atoms with Crippen molar-refractivity contribution in [2.75, 3.05) is 13.2 Å². The van der Waals surface area contributed by atoms with Gasteiger partial charge in [0, 0.05) is 20.0 Å². The number of aliphatic hydroxyl groups is 1. The van der Waals surface area contributed by atoms with Gasteiger partial charge in [0.2, 0.25) is 5.91 Å². The van der Waals surface area contributed by atoms with Gasteiger partial charge >= 0.3 is 11.9 Å². The fourth-order valence-electron chi connectivity index (χ4n) is 4.51. The van der Waals surface area contributed by atoms with E-state index >= 15 is 0 Å². The molecule has 1 aliphatic rings. The molecule has 0 saturated carbocycles. The van der Waals surface area contributed by atoms with Crippen molar-refractivity contribution < 1.29 is 29.0 Å². The molecule has 0 spiro atoms. The molecule has 0 radical (unpaired) electrons. The van der Waals surface area contributed by atoms with Gasteiger partial charge in [-0.15, -0.1) is 0 Å². The molecule has 3 aromatic rings. The SMILES string of the molecule is CC(=O)NC[C@@H]1[C@@H](OC(=O)c2ccccc2)[C@H](O)[C@@H](COC(=O)c2ccccc2)N1Cc1ccccc1. The first-order valence-corrected chi connectivity index (χ1v) is 12.1. The van der Waals surface area contributed by atoms with Crippen LogP contribution in [-0.2, 0) is 20.8 Å². The second-order valence-corrected chi connectivity index (χ2v) is 8.92. The van der Waals surface area contributed by atoms with Gasteiger partial charge in [0.15, 0.2) is 0 Å². The van der Waals surface area contributed by atoms with Gasteiger partial charge in [0.05, 0.1) is 23.2 Å². The number of esters is 2. The third-order valence-electron chi connectivity index (χ3n) is 6.38. The molecular formula is C29H30N2O6. The van der Waals surface area contributed by atoms with Gasteiger partial charge in [-0.1, -0.05) is 66.7 Å². The van der Waals surface area contributed by atoms with E-state index in [1.165, 1.54) is 6.92 Å². The maximum atomic E-state index is 12.9. The van der Waals surface area contributed by atoms with E-state index in [1.54, 1.807) is 60.7 Å². The molecule has 1 fully saturated rings. The molecule has 0 bridgehead atoms. The normalized spacial score (nSPS) is 21.2. The van der Waals surface area contributed by atoms with Gasteiger partial charge in [-0.25, -0.2) is 9.59 Å². The first kappa shape index (κ1) is 26.1. The summed E-state index contributed by atoms with van der Waals surface area (Å²) in [5, 5.41) is 14.2. The van der Waals surface area contributed by atoms with Gasteiger partial charge in [-0.3, -0.25) is 9.69 Å². The number of nitrogens with one attached hydrogen (secondary N) is 1. The summed E-state index contributed by atoms with van der Waals surface area (Å²) in [4.78, 5) is 39.3. The number of carbonyl (C=O) groups excluding carboxylic acids is 3. The molecule has 4 atom stereocenters. The second kappa shape index (κ2) is 12.3. The number of likely N-dealkylation sites (tertiary alicyclic amines) is 1. The molecular weight excluding hydrogens is 472 g/mol. The van der Waals surface area contributed by atoms with Gasteiger partial charge in [0.25, 0.3) is 0 Å². The van der Waals surface area contributed by atoms with Crippen LogP contribution in [0, 0.1) is 0 Å². The highest BCUT2D eigenvalue weighted by Gasteiger charge is 2.51. The molecule has 1 saturated heterocycles. The second-order valence-electron chi connectivity index (χ2n) is 8.92. The smallest absolute Gasteiger partial charge is 0.338 e. The Bertz CT molecular complexity index is 1190. The molecule has 4 rings (SSSR count).